The molecule has 5 heteroatoms. The Morgan fingerprint density at radius 2 is 2.08 bits per heavy atom. The molecule has 0 fully saturated rings. The van der Waals surface area contributed by atoms with Gasteiger partial charge in [-0.05, 0) is 49.9 Å². The number of benzene rings is 1. The maximum atomic E-state index is 12.5. The third-order valence-electron chi connectivity index (χ3n) is 3.87. The second-order valence-electron chi connectivity index (χ2n) is 5.62. The molecule has 25 heavy (non-hydrogen) atoms. The van der Waals surface area contributed by atoms with Crippen molar-refractivity contribution < 1.29 is 12.4 Å². The Balaban J connectivity index is 0. The molecule has 0 bridgehead atoms. The van der Waals surface area contributed by atoms with E-state index in [-0.39, 0.29) is 14.7 Å². The van der Waals surface area contributed by atoms with Crippen molar-refractivity contribution in [2.75, 3.05) is 10.6 Å². The van der Waals surface area contributed by atoms with Crippen LogP contribution >= 0.6 is 0 Å². The fourth-order valence-corrected chi connectivity index (χ4v) is 2.64. The Bertz CT molecular complexity index is 728. The summed E-state index contributed by atoms with van der Waals surface area (Å²) >= 11 is 0. The van der Waals surface area contributed by atoms with Crippen LogP contribution in [-0.2, 0) is 16.0 Å². The molecule has 1 heterocycles. The number of fused-ring (bicyclic) bond motifs is 1. The van der Waals surface area contributed by atoms with Crippen LogP contribution in [0.1, 0.15) is 40.7 Å². The van der Waals surface area contributed by atoms with Gasteiger partial charge in [0.1, 0.15) is 0 Å². The molecule has 1 aromatic rings. The molecule has 5 nitrogen and oxygen atoms in total. The van der Waals surface area contributed by atoms with Crippen molar-refractivity contribution in [2.45, 2.75) is 40.0 Å². The maximum absolute atomic E-state index is 12.5. The average molecular weight is 345 g/mol. The van der Waals surface area contributed by atoms with E-state index in [1.165, 1.54) is 0 Å². The Labute approximate surface area is 152 Å². The van der Waals surface area contributed by atoms with Gasteiger partial charge in [-0.3, -0.25) is 9.59 Å². The zero-order valence-electron chi connectivity index (χ0n) is 15.2. The first-order chi connectivity index (χ1) is 12.0. The molecule has 0 radical (unpaired) electrons. The predicted octanol–water partition coefficient (Wildman–Crippen LogP) is 4.31. The van der Waals surface area contributed by atoms with Crippen LogP contribution in [0.5, 0.6) is 0 Å². The highest BCUT2D eigenvalue weighted by atomic mass is 16.2. The van der Waals surface area contributed by atoms with Crippen molar-refractivity contribution in [3.8, 4) is 0 Å². The van der Waals surface area contributed by atoms with Gasteiger partial charge in [-0.15, -0.1) is 13.2 Å². The van der Waals surface area contributed by atoms with Crippen LogP contribution in [0.25, 0.3) is 0 Å². The fourth-order valence-electron chi connectivity index (χ4n) is 2.64. The molecule has 0 aliphatic carbocycles. The lowest BCUT2D eigenvalue weighted by atomic mass is 9.98. The van der Waals surface area contributed by atoms with Crippen LogP contribution < -0.4 is 16.4 Å². The summed E-state index contributed by atoms with van der Waals surface area (Å²) in [6.45, 7) is 11.7. The molecule has 0 unspecified atom stereocenters. The number of carbonyl (C=O) groups excluding carboxylic acids is 2. The zero-order chi connectivity index (χ0) is 19.0. The number of anilines is 2. The van der Waals surface area contributed by atoms with E-state index in [4.69, 9.17) is 5.73 Å². The lowest BCUT2D eigenvalue weighted by Crippen LogP contribution is -2.21. The fraction of sp³-hybridized carbons (Fsp3) is 0.300. The maximum Gasteiger partial charge on any atom is 0.257 e. The number of rotatable bonds is 4. The van der Waals surface area contributed by atoms with E-state index in [1.54, 1.807) is 12.2 Å². The number of allylic oxidation sites excluding steroid dienone is 2. The third kappa shape index (κ3) is 5.08. The summed E-state index contributed by atoms with van der Waals surface area (Å²) in [5, 5.41) is 5.79. The number of hydrogen-bond donors (Lipinski definition) is 3. The first-order valence-corrected chi connectivity index (χ1v) is 8.32. The SMILES string of the molecule is C/C=C\C(C(=O)Nc1cc(C)c2c(c1)CCC(=O)N2)=C(/N)CC.C=C.[HH].[HH]. The Morgan fingerprint density at radius 1 is 1.40 bits per heavy atom. The lowest BCUT2D eigenvalue weighted by Gasteiger charge is -2.20. The topological polar surface area (TPSA) is 84.2 Å². The zero-order valence-corrected chi connectivity index (χ0v) is 15.2. The van der Waals surface area contributed by atoms with E-state index in [2.05, 4.69) is 23.8 Å². The largest absolute Gasteiger partial charge is 0.401 e. The second kappa shape index (κ2) is 9.47. The van der Waals surface area contributed by atoms with Crippen LogP contribution in [0, 0.1) is 6.92 Å². The minimum atomic E-state index is -0.221. The second-order valence-corrected chi connectivity index (χ2v) is 5.62. The Morgan fingerprint density at radius 3 is 2.68 bits per heavy atom. The number of aryl methyl sites for hydroxylation is 2. The summed E-state index contributed by atoms with van der Waals surface area (Å²) in [6.07, 6.45) is 5.28. The van der Waals surface area contributed by atoms with E-state index in [1.807, 2.05) is 32.9 Å². The molecular formula is C20H31N3O2. The van der Waals surface area contributed by atoms with Gasteiger partial charge >= 0.3 is 0 Å². The smallest absolute Gasteiger partial charge is 0.257 e. The molecule has 0 atom stereocenters. The molecule has 0 saturated heterocycles. The molecule has 4 N–H and O–H groups in total. The molecule has 2 amide bonds. The Kier molecular flexibility index (Phi) is 7.66. The highest BCUT2D eigenvalue weighted by molar-refractivity contribution is 6.06. The van der Waals surface area contributed by atoms with E-state index in [9.17, 15) is 9.59 Å². The van der Waals surface area contributed by atoms with Crippen LogP contribution in [0.2, 0.25) is 0 Å². The van der Waals surface area contributed by atoms with Gasteiger partial charge in [0.25, 0.3) is 5.91 Å². The molecule has 1 aliphatic rings. The summed E-state index contributed by atoms with van der Waals surface area (Å²) < 4.78 is 0. The molecular weight excluding hydrogens is 314 g/mol. The third-order valence-corrected chi connectivity index (χ3v) is 3.87. The van der Waals surface area contributed by atoms with E-state index in [0.29, 0.717) is 36.2 Å². The average Bonchev–Trinajstić information content (AvgIpc) is 2.61. The van der Waals surface area contributed by atoms with Gasteiger partial charge in [-0.2, -0.15) is 0 Å². The van der Waals surface area contributed by atoms with Crippen LogP contribution in [-0.4, -0.2) is 11.8 Å². The summed E-state index contributed by atoms with van der Waals surface area (Å²) in [5.41, 5.74) is 10.5. The van der Waals surface area contributed by atoms with Gasteiger partial charge in [0.15, 0.2) is 0 Å². The van der Waals surface area contributed by atoms with E-state index < -0.39 is 0 Å². The van der Waals surface area contributed by atoms with Crippen molar-refractivity contribution in [1.29, 1.82) is 0 Å². The highest BCUT2D eigenvalue weighted by Gasteiger charge is 2.18. The molecule has 1 aromatic carbocycles. The summed E-state index contributed by atoms with van der Waals surface area (Å²) in [6, 6.07) is 3.77. The monoisotopic (exact) mass is 345 g/mol. The molecule has 0 saturated carbocycles. The number of hydrogen-bond acceptors (Lipinski definition) is 3. The minimum Gasteiger partial charge on any atom is -0.401 e. The first-order valence-electron chi connectivity index (χ1n) is 8.32. The van der Waals surface area contributed by atoms with Crippen molar-refractivity contribution >= 4 is 23.2 Å². The van der Waals surface area contributed by atoms with Crippen molar-refractivity contribution in [3.05, 3.63) is 59.8 Å². The number of amides is 2. The number of nitrogens with one attached hydrogen (secondary N) is 2. The Hall–Kier alpha value is -2.82. The van der Waals surface area contributed by atoms with E-state index >= 15 is 0 Å². The molecule has 138 valence electrons. The minimum absolute atomic E-state index is 0. The van der Waals surface area contributed by atoms with E-state index in [0.717, 1.165) is 16.8 Å². The van der Waals surface area contributed by atoms with Crippen LogP contribution in [0.3, 0.4) is 0 Å². The highest BCUT2D eigenvalue weighted by Crippen LogP contribution is 2.30. The van der Waals surface area contributed by atoms with Gasteiger partial charge in [-0.25, -0.2) is 0 Å². The van der Waals surface area contributed by atoms with Gasteiger partial charge in [0.2, 0.25) is 5.91 Å². The molecule has 2 rings (SSSR count). The number of nitrogens with two attached hydrogens (primary N) is 1. The first kappa shape index (κ1) is 20.2. The van der Waals surface area contributed by atoms with Crippen molar-refractivity contribution in [1.82, 2.24) is 0 Å². The van der Waals surface area contributed by atoms with Crippen molar-refractivity contribution in [3.63, 3.8) is 0 Å². The van der Waals surface area contributed by atoms with Crippen LogP contribution in [0.15, 0.2) is 48.7 Å². The summed E-state index contributed by atoms with van der Waals surface area (Å²) in [7, 11) is 0. The molecule has 1 aliphatic heterocycles. The van der Waals surface area contributed by atoms with Gasteiger partial charge in [-0.1, -0.05) is 19.1 Å². The predicted molar refractivity (Wildman–Crippen MR) is 109 cm³/mol. The normalized spacial score (nSPS) is 14.0. The van der Waals surface area contributed by atoms with Gasteiger partial charge < -0.3 is 16.4 Å². The summed E-state index contributed by atoms with van der Waals surface area (Å²) in [5.74, 6) is -0.187. The number of carbonyl (C=O) groups is 2. The molecule has 0 spiro atoms. The summed E-state index contributed by atoms with van der Waals surface area (Å²) in [4.78, 5) is 24.0. The quantitative estimate of drug-likeness (QED) is 0.432. The molecule has 0 aromatic heterocycles. The van der Waals surface area contributed by atoms with Crippen molar-refractivity contribution in [2.24, 2.45) is 5.73 Å². The van der Waals surface area contributed by atoms with Gasteiger partial charge in [0, 0.05) is 26.3 Å². The van der Waals surface area contributed by atoms with Gasteiger partial charge in [0.05, 0.1) is 5.57 Å². The standard InChI is InChI=1S/C18H23N3O2.C2H4.2H2/c1-4-6-14(15(19)5-2)18(23)20-13-9-11(3)17-12(10-13)7-8-16(22)21-17;1-2;;/h4,6,9-10H,5,7-8,19H2,1-3H3,(H,20,23)(H,21,22);1-2H2;2*1H/b6-4-,15-14+;;;. The van der Waals surface area contributed by atoms with Crippen LogP contribution in [0.4, 0.5) is 11.4 Å². The lowest BCUT2D eigenvalue weighted by molar-refractivity contribution is -0.116.